The number of pyridine rings is 1. The van der Waals surface area contributed by atoms with Crippen LogP contribution < -0.4 is 19.7 Å². The Morgan fingerprint density at radius 3 is 2.73 bits per heavy atom. The van der Waals surface area contributed by atoms with Crippen LogP contribution in [0.3, 0.4) is 0 Å². The van der Waals surface area contributed by atoms with Crippen molar-refractivity contribution in [2.75, 3.05) is 18.6 Å². The van der Waals surface area contributed by atoms with Crippen molar-refractivity contribution in [3.8, 4) is 0 Å². The van der Waals surface area contributed by atoms with Gasteiger partial charge in [-0.25, -0.2) is 0 Å². The van der Waals surface area contributed by atoms with Crippen molar-refractivity contribution < 1.29 is 4.74 Å². The molecule has 1 atom stereocenters. The van der Waals surface area contributed by atoms with Crippen LogP contribution in [0.5, 0.6) is 0 Å². The average Bonchev–Trinajstić information content (AvgIpc) is 3.31. The van der Waals surface area contributed by atoms with Gasteiger partial charge in [-0.1, -0.05) is 48.2 Å². The van der Waals surface area contributed by atoms with Crippen molar-refractivity contribution in [2.45, 2.75) is 31.4 Å². The molecule has 0 saturated carbocycles. The molecule has 0 aliphatic carbocycles. The molecule has 7 heteroatoms. The minimum Gasteiger partial charge on any atom is -0.377 e. The van der Waals surface area contributed by atoms with Crippen molar-refractivity contribution >= 4 is 50.7 Å². The van der Waals surface area contributed by atoms with Crippen LogP contribution in [0, 0.1) is 0 Å². The number of hydrogen-bond acceptors (Lipinski definition) is 6. The number of thiazole rings is 1. The first-order valence-electron chi connectivity index (χ1n) is 11.0. The molecule has 0 saturated heterocycles. The fourth-order valence-electron chi connectivity index (χ4n) is 4.16. The van der Waals surface area contributed by atoms with Crippen LogP contribution in [0.1, 0.15) is 19.5 Å². The predicted molar refractivity (Wildman–Crippen MR) is 138 cm³/mol. The number of hydrogen-bond donors (Lipinski definition) is 0. The standard InChI is InChI=1S/C26H25N3O2S2/c1-4-31-17(2)16-29-22(15-19-10-7-8-14-27-19)33-24(25(29)30)26-28(3)23-20-11-6-5-9-18(20)12-13-21(23)32-26/h5-15,17H,4,16H2,1-3H3/b22-15-,26-24+. The lowest BCUT2D eigenvalue weighted by Crippen LogP contribution is -2.37. The first-order chi connectivity index (χ1) is 16.1. The molecule has 5 rings (SSSR count). The highest BCUT2D eigenvalue weighted by molar-refractivity contribution is 8.08. The molecule has 0 spiro atoms. The number of rotatable bonds is 5. The van der Waals surface area contributed by atoms with Crippen LogP contribution in [0.25, 0.3) is 21.9 Å². The van der Waals surface area contributed by atoms with Crippen molar-refractivity contribution in [3.63, 3.8) is 0 Å². The van der Waals surface area contributed by atoms with Gasteiger partial charge < -0.3 is 9.64 Å². The highest BCUT2D eigenvalue weighted by Crippen LogP contribution is 2.48. The molecule has 2 aromatic carbocycles. The summed E-state index contributed by atoms with van der Waals surface area (Å²) in [7, 11) is 2.05. The van der Waals surface area contributed by atoms with Gasteiger partial charge in [0.15, 0.2) is 0 Å². The van der Waals surface area contributed by atoms with Gasteiger partial charge >= 0.3 is 0 Å². The Kier molecular flexibility index (Phi) is 6.10. The van der Waals surface area contributed by atoms with Crippen molar-refractivity contribution in [3.05, 3.63) is 86.0 Å². The van der Waals surface area contributed by atoms with Crippen molar-refractivity contribution in [2.24, 2.45) is 0 Å². The number of nitrogens with zero attached hydrogens (tertiary/aromatic N) is 3. The first-order valence-corrected chi connectivity index (χ1v) is 12.6. The van der Waals surface area contributed by atoms with E-state index in [1.807, 2.05) is 42.7 Å². The number of aromatic nitrogens is 2. The SMILES string of the molecule is CCOC(C)Cn1c(=O)/c(=C2\Sc3ccc4ccccc4c3N2C)s/c1=C\c1ccccn1. The molecular formula is C26H25N3O2S2. The maximum Gasteiger partial charge on any atom is 0.271 e. The van der Waals surface area contributed by atoms with E-state index in [-0.39, 0.29) is 11.7 Å². The Hall–Kier alpha value is -2.87. The summed E-state index contributed by atoms with van der Waals surface area (Å²) in [6, 6.07) is 18.5. The number of thioether (sulfide) groups is 1. The second-order valence-corrected chi connectivity index (χ2v) is 10.0. The van der Waals surface area contributed by atoms with Crippen LogP contribution in [-0.2, 0) is 11.3 Å². The highest BCUT2D eigenvalue weighted by Gasteiger charge is 2.26. The van der Waals surface area contributed by atoms with Gasteiger partial charge in [-0.2, -0.15) is 0 Å². The molecule has 3 heterocycles. The molecule has 1 aliphatic rings. The quantitative estimate of drug-likeness (QED) is 0.436. The second kappa shape index (κ2) is 9.17. The molecule has 5 nitrogen and oxygen atoms in total. The normalized spacial score (nSPS) is 16.5. The van der Waals surface area contributed by atoms with Crippen LogP contribution in [0.2, 0.25) is 0 Å². The topological polar surface area (TPSA) is 47.4 Å². The minimum absolute atomic E-state index is 0.0141. The summed E-state index contributed by atoms with van der Waals surface area (Å²) in [6.07, 6.45) is 3.69. The fourth-order valence-corrected chi connectivity index (χ4v) is 6.58. The third-order valence-corrected chi connectivity index (χ3v) is 8.14. The highest BCUT2D eigenvalue weighted by atomic mass is 32.2. The predicted octanol–water partition coefficient (Wildman–Crippen LogP) is 4.02. The third-order valence-electron chi connectivity index (χ3n) is 5.67. The fraction of sp³-hybridized carbons (Fsp3) is 0.231. The Bertz CT molecular complexity index is 1490. The molecule has 0 N–H and O–H groups in total. The average molecular weight is 476 g/mol. The molecule has 0 bridgehead atoms. The third kappa shape index (κ3) is 4.12. The van der Waals surface area contributed by atoms with Gasteiger partial charge in [0.2, 0.25) is 0 Å². The summed E-state index contributed by atoms with van der Waals surface area (Å²) < 4.78 is 9.21. The Morgan fingerprint density at radius 1 is 1.12 bits per heavy atom. The molecule has 168 valence electrons. The Morgan fingerprint density at radius 2 is 1.94 bits per heavy atom. The van der Waals surface area contributed by atoms with Gasteiger partial charge in [-0.05, 0) is 43.5 Å². The van der Waals surface area contributed by atoms with Gasteiger partial charge in [0.05, 0.1) is 24.0 Å². The van der Waals surface area contributed by atoms with E-state index >= 15 is 0 Å². The second-order valence-electron chi connectivity index (χ2n) is 7.95. The lowest BCUT2D eigenvalue weighted by Gasteiger charge is -2.15. The summed E-state index contributed by atoms with van der Waals surface area (Å²) in [5.74, 6) is 0. The van der Waals surface area contributed by atoms with Crippen LogP contribution in [0.4, 0.5) is 5.69 Å². The summed E-state index contributed by atoms with van der Waals surface area (Å²) in [5, 5.41) is 3.36. The van der Waals surface area contributed by atoms with Gasteiger partial charge in [-0.3, -0.25) is 14.3 Å². The Labute approximate surface area is 200 Å². The number of ether oxygens (including phenoxy) is 1. The molecule has 33 heavy (non-hydrogen) atoms. The van der Waals surface area contributed by atoms with E-state index in [1.165, 1.54) is 27.0 Å². The smallest absolute Gasteiger partial charge is 0.271 e. The van der Waals surface area contributed by atoms with Crippen molar-refractivity contribution in [1.29, 1.82) is 0 Å². The largest absolute Gasteiger partial charge is 0.377 e. The van der Waals surface area contributed by atoms with Crippen LogP contribution in [-0.4, -0.2) is 29.3 Å². The van der Waals surface area contributed by atoms with Crippen LogP contribution >= 0.6 is 23.1 Å². The van der Waals surface area contributed by atoms with Gasteiger partial charge in [0.25, 0.3) is 5.56 Å². The maximum atomic E-state index is 13.7. The van der Waals surface area contributed by atoms with E-state index in [0.717, 1.165) is 25.6 Å². The summed E-state index contributed by atoms with van der Waals surface area (Å²) in [4.78, 5) is 21.4. The number of anilines is 1. The van der Waals surface area contributed by atoms with Gasteiger partial charge in [0.1, 0.15) is 14.2 Å². The molecule has 4 aromatic rings. The molecular weight excluding hydrogens is 450 g/mol. The molecule has 2 aromatic heterocycles. The molecule has 1 unspecified atom stereocenters. The van der Waals surface area contributed by atoms with E-state index in [4.69, 9.17) is 4.74 Å². The maximum absolute atomic E-state index is 13.7. The zero-order chi connectivity index (χ0) is 22.9. The van der Waals surface area contributed by atoms with E-state index < -0.39 is 0 Å². The van der Waals surface area contributed by atoms with Gasteiger partial charge in [-0.15, -0.1) is 11.3 Å². The van der Waals surface area contributed by atoms with Gasteiger partial charge in [0, 0.05) is 30.1 Å². The molecule has 0 radical (unpaired) electrons. The lowest BCUT2D eigenvalue weighted by molar-refractivity contribution is 0.0630. The Balaban J connectivity index is 1.70. The zero-order valence-corrected chi connectivity index (χ0v) is 20.5. The summed E-state index contributed by atoms with van der Waals surface area (Å²) in [5.41, 5.74) is 2.00. The van der Waals surface area contributed by atoms with Crippen LogP contribution in [0.15, 0.2) is 70.5 Å². The molecule has 0 fully saturated rings. The summed E-state index contributed by atoms with van der Waals surface area (Å²) in [6.45, 7) is 5.09. The molecule has 0 amide bonds. The zero-order valence-electron chi connectivity index (χ0n) is 18.8. The lowest BCUT2D eigenvalue weighted by atomic mass is 10.1. The summed E-state index contributed by atoms with van der Waals surface area (Å²) >= 11 is 3.18. The monoisotopic (exact) mass is 475 g/mol. The van der Waals surface area contributed by atoms with Crippen molar-refractivity contribution in [1.82, 2.24) is 9.55 Å². The van der Waals surface area contributed by atoms with E-state index in [2.05, 4.69) is 53.3 Å². The minimum atomic E-state index is -0.0638. The number of benzene rings is 2. The molecule has 1 aliphatic heterocycles. The first kappa shape index (κ1) is 21.9. The van der Waals surface area contributed by atoms with E-state index in [9.17, 15) is 4.79 Å². The van der Waals surface area contributed by atoms with E-state index in [1.54, 1.807) is 18.0 Å². The number of fused-ring (bicyclic) bond motifs is 3. The van der Waals surface area contributed by atoms with E-state index in [0.29, 0.717) is 13.2 Å².